The van der Waals surface area contributed by atoms with Gasteiger partial charge in [-0.25, -0.2) is 0 Å². The minimum atomic E-state index is -0.160. The molecule has 0 saturated carbocycles. The van der Waals surface area contributed by atoms with E-state index in [9.17, 15) is 9.59 Å². The summed E-state index contributed by atoms with van der Waals surface area (Å²) in [5.41, 5.74) is 0. The fourth-order valence-electron chi connectivity index (χ4n) is 1.96. The van der Waals surface area contributed by atoms with Crippen LogP contribution in [0.3, 0.4) is 0 Å². The monoisotopic (exact) mass is 286 g/mol. The molecule has 0 fully saturated rings. The molecule has 0 bridgehead atoms. The maximum Gasteiger partial charge on any atom is 0.305 e. The van der Waals surface area contributed by atoms with Gasteiger partial charge in [-0.1, -0.05) is 45.4 Å². The number of methoxy groups -OCH3 is 1. The lowest BCUT2D eigenvalue weighted by molar-refractivity contribution is -0.144. The number of ether oxygens (including phenoxy) is 2. The second-order valence-electron chi connectivity index (χ2n) is 5.13. The standard InChI is InChI=1S/C16H30O4/c1-3-4-5-8-11-14-20-16(18)13-10-7-6-9-12-15(17)19-2/h3-14H2,1-2H3. The van der Waals surface area contributed by atoms with E-state index in [1.807, 2.05) is 0 Å². The van der Waals surface area contributed by atoms with Gasteiger partial charge in [0, 0.05) is 12.8 Å². The van der Waals surface area contributed by atoms with E-state index in [0.29, 0.717) is 19.4 Å². The number of rotatable bonds is 13. The Morgan fingerprint density at radius 2 is 1.30 bits per heavy atom. The molecule has 0 atom stereocenters. The third-order valence-corrected chi connectivity index (χ3v) is 3.25. The number of unbranched alkanes of at least 4 members (excludes halogenated alkanes) is 7. The highest BCUT2D eigenvalue weighted by Gasteiger charge is 2.03. The molecule has 0 radical (unpaired) electrons. The van der Waals surface area contributed by atoms with E-state index in [1.165, 1.54) is 26.4 Å². The molecule has 0 aliphatic rings. The van der Waals surface area contributed by atoms with E-state index < -0.39 is 0 Å². The quantitative estimate of drug-likeness (QED) is 0.379. The van der Waals surface area contributed by atoms with Gasteiger partial charge >= 0.3 is 11.9 Å². The fourth-order valence-corrected chi connectivity index (χ4v) is 1.96. The van der Waals surface area contributed by atoms with Gasteiger partial charge in [0.25, 0.3) is 0 Å². The summed E-state index contributed by atoms with van der Waals surface area (Å²) in [6, 6.07) is 0. The normalized spacial score (nSPS) is 10.3. The second-order valence-corrected chi connectivity index (χ2v) is 5.13. The SMILES string of the molecule is CCCCCCCOC(=O)CCCCCCC(=O)OC. The zero-order valence-electron chi connectivity index (χ0n) is 13.1. The average Bonchev–Trinajstić information content (AvgIpc) is 2.46. The molecule has 0 N–H and O–H groups in total. The van der Waals surface area contributed by atoms with Crippen LogP contribution in [0, 0.1) is 0 Å². The van der Waals surface area contributed by atoms with Crippen molar-refractivity contribution in [3.63, 3.8) is 0 Å². The topological polar surface area (TPSA) is 52.6 Å². The summed E-state index contributed by atoms with van der Waals surface area (Å²) in [5.74, 6) is -0.249. The summed E-state index contributed by atoms with van der Waals surface area (Å²) >= 11 is 0. The molecular formula is C16H30O4. The molecule has 0 aromatic heterocycles. The highest BCUT2D eigenvalue weighted by atomic mass is 16.5. The third kappa shape index (κ3) is 13.4. The third-order valence-electron chi connectivity index (χ3n) is 3.25. The zero-order valence-corrected chi connectivity index (χ0v) is 13.1. The van der Waals surface area contributed by atoms with Crippen LogP contribution < -0.4 is 0 Å². The van der Waals surface area contributed by atoms with Crippen LogP contribution in [-0.4, -0.2) is 25.7 Å². The lowest BCUT2D eigenvalue weighted by Crippen LogP contribution is -2.05. The van der Waals surface area contributed by atoms with Crippen molar-refractivity contribution in [3.8, 4) is 0 Å². The average molecular weight is 286 g/mol. The van der Waals surface area contributed by atoms with Gasteiger partial charge in [0.05, 0.1) is 13.7 Å². The van der Waals surface area contributed by atoms with Gasteiger partial charge in [0.2, 0.25) is 0 Å². The predicted molar refractivity (Wildman–Crippen MR) is 79.4 cm³/mol. The fraction of sp³-hybridized carbons (Fsp3) is 0.875. The molecule has 0 amide bonds. The van der Waals surface area contributed by atoms with Crippen LogP contribution in [0.25, 0.3) is 0 Å². The maximum atomic E-state index is 11.4. The first kappa shape index (κ1) is 18.9. The van der Waals surface area contributed by atoms with E-state index in [2.05, 4.69) is 11.7 Å². The number of hydrogen-bond acceptors (Lipinski definition) is 4. The van der Waals surface area contributed by atoms with Crippen molar-refractivity contribution in [1.29, 1.82) is 0 Å². The number of hydrogen-bond donors (Lipinski definition) is 0. The number of esters is 2. The minimum absolute atomic E-state index is 0.0894. The first-order valence-corrected chi connectivity index (χ1v) is 7.93. The summed E-state index contributed by atoms with van der Waals surface area (Å²) in [7, 11) is 1.40. The highest BCUT2D eigenvalue weighted by Crippen LogP contribution is 2.07. The lowest BCUT2D eigenvalue weighted by Gasteiger charge is -2.05. The molecule has 0 rings (SSSR count). The summed E-state index contributed by atoms with van der Waals surface area (Å²) in [6.07, 6.45) is 10.4. The van der Waals surface area contributed by atoms with Crippen LogP contribution in [0.15, 0.2) is 0 Å². The first-order valence-electron chi connectivity index (χ1n) is 7.93. The van der Waals surface area contributed by atoms with Crippen LogP contribution in [0.4, 0.5) is 0 Å². The molecule has 0 unspecified atom stereocenters. The van der Waals surface area contributed by atoms with Crippen molar-refractivity contribution in [1.82, 2.24) is 0 Å². The summed E-state index contributed by atoms with van der Waals surface area (Å²) in [6.45, 7) is 2.75. The highest BCUT2D eigenvalue weighted by molar-refractivity contribution is 5.69. The van der Waals surface area contributed by atoms with Crippen molar-refractivity contribution < 1.29 is 19.1 Å². The van der Waals surface area contributed by atoms with E-state index in [1.54, 1.807) is 0 Å². The van der Waals surface area contributed by atoms with E-state index >= 15 is 0 Å². The van der Waals surface area contributed by atoms with E-state index in [4.69, 9.17) is 4.74 Å². The molecule has 0 aliphatic carbocycles. The molecule has 0 aliphatic heterocycles. The van der Waals surface area contributed by atoms with Crippen molar-refractivity contribution in [3.05, 3.63) is 0 Å². The molecular weight excluding hydrogens is 256 g/mol. The molecule has 0 aromatic rings. The Hall–Kier alpha value is -1.06. The maximum absolute atomic E-state index is 11.4. The van der Waals surface area contributed by atoms with Gasteiger partial charge < -0.3 is 9.47 Å². The van der Waals surface area contributed by atoms with Crippen LogP contribution in [0.2, 0.25) is 0 Å². The molecule has 4 nitrogen and oxygen atoms in total. The van der Waals surface area contributed by atoms with Crippen molar-refractivity contribution in [2.24, 2.45) is 0 Å². The van der Waals surface area contributed by atoms with Gasteiger partial charge in [-0.15, -0.1) is 0 Å². The Kier molecular flexibility index (Phi) is 13.6. The smallest absolute Gasteiger partial charge is 0.305 e. The van der Waals surface area contributed by atoms with Crippen LogP contribution >= 0.6 is 0 Å². The van der Waals surface area contributed by atoms with Gasteiger partial charge in [-0.2, -0.15) is 0 Å². The molecule has 4 heteroatoms. The minimum Gasteiger partial charge on any atom is -0.469 e. The molecule has 20 heavy (non-hydrogen) atoms. The Morgan fingerprint density at radius 3 is 1.90 bits per heavy atom. The van der Waals surface area contributed by atoms with Gasteiger partial charge in [-0.3, -0.25) is 9.59 Å². The van der Waals surface area contributed by atoms with Gasteiger partial charge in [0.1, 0.15) is 0 Å². The lowest BCUT2D eigenvalue weighted by atomic mass is 10.1. The van der Waals surface area contributed by atoms with Crippen molar-refractivity contribution in [2.75, 3.05) is 13.7 Å². The van der Waals surface area contributed by atoms with Crippen LogP contribution in [-0.2, 0) is 19.1 Å². The summed E-state index contributed by atoms with van der Waals surface area (Å²) < 4.78 is 9.73. The Bertz CT molecular complexity index is 251. The van der Waals surface area contributed by atoms with Crippen LogP contribution in [0.1, 0.15) is 77.6 Å². The summed E-state index contributed by atoms with van der Waals surface area (Å²) in [5, 5.41) is 0. The zero-order chi connectivity index (χ0) is 15.1. The van der Waals surface area contributed by atoms with E-state index in [-0.39, 0.29) is 11.9 Å². The molecule has 0 aromatic carbocycles. The van der Waals surface area contributed by atoms with E-state index in [0.717, 1.165) is 38.5 Å². The molecule has 0 heterocycles. The Labute approximate surface area is 123 Å². The van der Waals surface area contributed by atoms with Crippen LogP contribution in [0.5, 0.6) is 0 Å². The predicted octanol–water partition coefficient (Wildman–Crippen LogP) is 4.01. The Balaban J connectivity index is 3.22. The molecule has 118 valence electrons. The molecule has 0 spiro atoms. The van der Waals surface area contributed by atoms with Crippen molar-refractivity contribution in [2.45, 2.75) is 77.6 Å². The number of carbonyl (C=O) groups excluding carboxylic acids is 2. The van der Waals surface area contributed by atoms with Gasteiger partial charge in [-0.05, 0) is 19.3 Å². The van der Waals surface area contributed by atoms with Gasteiger partial charge in [0.15, 0.2) is 0 Å². The first-order chi connectivity index (χ1) is 9.70. The summed E-state index contributed by atoms with van der Waals surface area (Å²) in [4.78, 5) is 22.3. The second kappa shape index (κ2) is 14.4. The van der Waals surface area contributed by atoms with Crippen molar-refractivity contribution >= 4 is 11.9 Å². The number of carbonyl (C=O) groups is 2. The molecule has 0 saturated heterocycles. The Morgan fingerprint density at radius 1 is 0.750 bits per heavy atom. The largest absolute Gasteiger partial charge is 0.469 e.